The Hall–Kier alpha value is -0.600. The average Bonchev–Trinajstić information content (AvgIpc) is 2.50. The fraction of sp³-hybridized carbons (Fsp3) is 0.789. The monoisotopic (exact) mass is 290 g/mol. The van der Waals surface area contributed by atoms with Gasteiger partial charge in [0, 0.05) is 5.41 Å². The first-order valence-electron chi connectivity index (χ1n) is 8.88. The van der Waals surface area contributed by atoms with Crippen molar-refractivity contribution in [3.8, 4) is 0 Å². The van der Waals surface area contributed by atoms with Crippen LogP contribution >= 0.6 is 0 Å². The number of rotatable bonds is 6. The maximum Gasteiger partial charge on any atom is 0.0729 e. The van der Waals surface area contributed by atoms with Gasteiger partial charge in [0.25, 0.3) is 0 Å². The van der Waals surface area contributed by atoms with Gasteiger partial charge in [0.2, 0.25) is 0 Å². The lowest BCUT2D eigenvalue weighted by molar-refractivity contribution is -0.0339. The van der Waals surface area contributed by atoms with E-state index in [1.54, 1.807) is 0 Å². The van der Waals surface area contributed by atoms with Crippen LogP contribution in [0.4, 0.5) is 0 Å². The molecule has 0 heterocycles. The van der Waals surface area contributed by atoms with Crippen LogP contribution in [0.3, 0.4) is 0 Å². The van der Waals surface area contributed by atoms with E-state index in [1.807, 2.05) is 0 Å². The molecule has 2 heteroatoms. The standard InChI is InChI=1S/C19H34N2/c1-3-10-16-11-8-9-15-18(16,14-4-2)19(20,21)17-12-6-5-7-13-17/h3-4,16-17H,1-2,5-15,20-21H2. The van der Waals surface area contributed by atoms with Gasteiger partial charge in [-0.05, 0) is 50.4 Å². The van der Waals surface area contributed by atoms with Crippen molar-refractivity contribution in [3.05, 3.63) is 25.3 Å². The van der Waals surface area contributed by atoms with Crippen LogP contribution in [0.15, 0.2) is 25.3 Å². The van der Waals surface area contributed by atoms with Gasteiger partial charge >= 0.3 is 0 Å². The molecule has 0 aromatic heterocycles. The fourth-order valence-corrected chi connectivity index (χ4v) is 5.12. The minimum atomic E-state index is -0.560. The van der Waals surface area contributed by atoms with Crippen LogP contribution in [-0.2, 0) is 0 Å². The number of hydrogen-bond donors (Lipinski definition) is 2. The Morgan fingerprint density at radius 2 is 1.62 bits per heavy atom. The van der Waals surface area contributed by atoms with Crippen molar-refractivity contribution in [2.45, 2.75) is 76.3 Å². The maximum absolute atomic E-state index is 6.90. The summed E-state index contributed by atoms with van der Waals surface area (Å²) in [6, 6.07) is 0. The first kappa shape index (κ1) is 16.8. The van der Waals surface area contributed by atoms with E-state index in [4.69, 9.17) is 11.5 Å². The highest BCUT2D eigenvalue weighted by molar-refractivity contribution is 5.10. The zero-order chi connectivity index (χ0) is 15.3. The predicted molar refractivity (Wildman–Crippen MR) is 91.7 cm³/mol. The summed E-state index contributed by atoms with van der Waals surface area (Å²) in [5, 5.41) is 0. The molecule has 2 saturated carbocycles. The van der Waals surface area contributed by atoms with E-state index in [2.05, 4.69) is 25.3 Å². The number of hydrogen-bond acceptors (Lipinski definition) is 2. The average molecular weight is 290 g/mol. The maximum atomic E-state index is 6.90. The molecule has 0 radical (unpaired) electrons. The Labute approximate surface area is 131 Å². The molecule has 0 aromatic rings. The molecular formula is C19H34N2. The second-order valence-corrected chi connectivity index (χ2v) is 7.38. The molecule has 0 bridgehead atoms. The second kappa shape index (κ2) is 7.11. The van der Waals surface area contributed by atoms with E-state index in [0.29, 0.717) is 11.8 Å². The first-order valence-corrected chi connectivity index (χ1v) is 8.88. The third kappa shape index (κ3) is 3.12. The van der Waals surface area contributed by atoms with Gasteiger partial charge in [-0.25, -0.2) is 0 Å². The van der Waals surface area contributed by atoms with Gasteiger partial charge in [-0.3, -0.25) is 0 Å². The SMILES string of the molecule is C=CCC1CCCCC1(CC=C)C(N)(N)C1CCCCC1. The lowest BCUT2D eigenvalue weighted by Gasteiger charge is -2.57. The summed E-state index contributed by atoms with van der Waals surface area (Å²) in [4.78, 5) is 0. The zero-order valence-electron chi connectivity index (χ0n) is 13.7. The van der Waals surface area contributed by atoms with Crippen molar-refractivity contribution in [3.63, 3.8) is 0 Å². The van der Waals surface area contributed by atoms with Crippen LogP contribution in [0.1, 0.15) is 70.6 Å². The molecule has 0 amide bonds. The Kier molecular flexibility index (Phi) is 5.67. The summed E-state index contributed by atoms with van der Waals surface area (Å²) in [6.45, 7) is 7.98. The summed E-state index contributed by atoms with van der Waals surface area (Å²) in [6.07, 6.45) is 17.4. The Bertz CT molecular complexity index is 355. The first-order chi connectivity index (χ1) is 10.1. The van der Waals surface area contributed by atoms with Crippen LogP contribution in [0.25, 0.3) is 0 Å². The summed E-state index contributed by atoms with van der Waals surface area (Å²) < 4.78 is 0. The van der Waals surface area contributed by atoms with Gasteiger partial charge in [-0.15, -0.1) is 13.2 Å². The quantitative estimate of drug-likeness (QED) is 0.558. The third-order valence-corrected chi connectivity index (χ3v) is 6.31. The topological polar surface area (TPSA) is 52.0 Å². The van der Waals surface area contributed by atoms with Gasteiger partial charge < -0.3 is 11.5 Å². The molecule has 0 aromatic carbocycles. The van der Waals surface area contributed by atoms with Crippen LogP contribution in [-0.4, -0.2) is 5.66 Å². The smallest absolute Gasteiger partial charge is 0.0729 e. The predicted octanol–water partition coefficient (Wildman–Crippen LogP) is 4.51. The van der Waals surface area contributed by atoms with Crippen molar-refractivity contribution in [2.24, 2.45) is 28.7 Å². The van der Waals surface area contributed by atoms with Gasteiger partial charge in [0.05, 0.1) is 5.66 Å². The van der Waals surface area contributed by atoms with Crippen LogP contribution < -0.4 is 11.5 Å². The van der Waals surface area contributed by atoms with Crippen molar-refractivity contribution < 1.29 is 0 Å². The zero-order valence-corrected chi connectivity index (χ0v) is 13.7. The summed E-state index contributed by atoms with van der Waals surface area (Å²) >= 11 is 0. The molecule has 21 heavy (non-hydrogen) atoms. The third-order valence-electron chi connectivity index (χ3n) is 6.31. The van der Waals surface area contributed by atoms with Crippen LogP contribution in [0.2, 0.25) is 0 Å². The molecule has 4 N–H and O–H groups in total. The van der Waals surface area contributed by atoms with Gasteiger partial charge in [0.1, 0.15) is 0 Å². The van der Waals surface area contributed by atoms with E-state index in [1.165, 1.54) is 51.4 Å². The van der Waals surface area contributed by atoms with Crippen molar-refractivity contribution in [1.82, 2.24) is 0 Å². The molecule has 2 aliphatic rings. The molecule has 0 aliphatic heterocycles. The van der Waals surface area contributed by atoms with E-state index in [0.717, 1.165) is 19.3 Å². The molecular weight excluding hydrogens is 256 g/mol. The highest BCUT2D eigenvalue weighted by Crippen LogP contribution is 2.54. The van der Waals surface area contributed by atoms with Gasteiger partial charge in [0.15, 0.2) is 0 Å². The molecule has 2 atom stereocenters. The Morgan fingerprint density at radius 1 is 0.952 bits per heavy atom. The lowest BCUT2D eigenvalue weighted by atomic mass is 9.53. The molecule has 0 saturated heterocycles. The number of nitrogens with two attached hydrogens (primary N) is 2. The molecule has 2 fully saturated rings. The van der Waals surface area contributed by atoms with Crippen LogP contribution in [0, 0.1) is 17.3 Å². The van der Waals surface area contributed by atoms with Crippen LogP contribution in [0.5, 0.6) is 0 Å². The summed E-state index contributed by atoms with van der Waals surface area (Å²) in [5.74, 6) is 1.04. The molecule has 120 valence electrons. The van der Waals surface area contributed by atoms with E-state index in [-0.39, 0.29) is 5.41 Å². The van der Waals surface area contributed by atoms with Crippen molar-refractivity contribution >= 4 is 0 Å². The second-order valence-electron chi connectivity index (χ2n) is 7.38. The lowest BCUT2D eigenvalue weighted by Crippen LogP contribution is -2.69. The minimum absolute atomic E-state index is 0.0171. The fourth-order valence-electron chi connectivity index (χ4n) is 5.12. The van der Waals surface area contributed by atoms with E-state index < -0.39 is 5.66 Å². The molecule has 2 nitrogen and oxygen atoms in total. The van der Waals surface area contributed by atoms with E-state index >= 15 is 0 Å². The molecule has 2 aliphatic carbocycles. The summed E-state index contributed by atoms with van der Waals surface area (Å²) in [7, 11) is 0. The number of allylic oxidation sites excluding steroid dienone is 2. The Morgan fingerprint density at radius 3 is 2.24 bits per heavy atom. The summed E-state index contributed by atoms with van der Waals surface area (Å²) in [5.41, 5.74) is 13.3. The largest absolute Gasteiger partial charge is 0.313 e. The normalized spacial score (nSPS) is 31.8. The van der Waals surface area contributed by atoms with Crippen molar-refractivity contribution in [2.75, 3.05) is 0 Å². The van der Waals surface area contributed by atoms with Gasteiger partial charge in [-0.2, -0.15) is 0 Å². The highest BCUT2D eigenvalue weighted by atomic mass is 15.0. The minimum Gasteiger partial charge on any atom is -0.313 e. The molecule has 2 rings (SSSR count). The molecule has 2 unspecified atom stereocenters. The van der Waals surface area contributed by atoms with Crippen molar-refractivity contribution in [1.29, 1.82) is 0 Å². The van der Waals surface area contributed by atoms with Gasteiger partial charge in [-0.1, -0.05) is 44.3 Å². The highest BCUT2D eigenvalue weighted by Gasteiger charge is 2.54. The molecule has 0 spiro atoms. The Balaban J connectivity index is 2.32. The van der Waals surface area contributed by atoms with E-state index in [9.17, 15) is 0 Å².